The predicted molar refractivity (Wildman–Crippen MR) is 104 cm³/mol. The monoisotopic (exact) mass is 414 g/mol. The quantitative estimate of drug-likeness (QED) is 0.628. The number of ether oxygens (including phenoxy) is 1. The van der Waals surface area contributed by atoms with E-state index in [9.17, 15) is 4.79 Å². The van der Waals surface area contributed by atoms with Gasteiger partial charge in [-0.15, -0.1) is 0 Å². The molecule has 0 aliphatic rings. The summed E-state index contributed by atoms with van der Waals surface area (Å²) in [6.45, 7) is 5.67. The van der Waals surface area contributed by atoms with E-state index in [1.54, 1.807) is 13.0 Å². The minimum absolute atomic E-state index is 0.282. The molecule has 3 aromatic rings. The summed E-state index contributed by atoms with van der Waals surface area (Å²) in [5, 5.41) is 6.69. The van der Waals surface area contributed by atoms with Crippen molar-refractivity contribution in [3.05, 3.63) is 64.1 Å². The van der Waals surface area contributed by atoms with E-state index < -0.39 is 6.10 Å². The van der Waals surface area contributed by atoms with Crippen LogP contribution in [0.25, 0.3) is 11.3 Å². The lowest BCUT2D eigenvalue weighted by Crippen LogP contribution is -2.30. The molecule has 1 heterocycles. The lowest BCUT2D eigenvalue weighted by atomic mass is 10.1. The third-order valence-corrected chi connectivity index (χ3v) is 4.65. The number of anilines is 1. The van der Waals surface area contributed by atoms with Gasteiger partial charge < -0.3 is 9.26 Å². The molecule has 1 amide bonds. The van der Waals surface area contributed by atoms with Crippen molar-refractivity contribution in [2.75, 3.05) is 5.32 Å². The first-order valence-corrected chi connectivity index (χ1v) is 8.99. The topological polar surface area (TPSA) is 64.4 Å². The Morgan fingerprint density at radius 3 is 2.65 bits per heavy atom. The van der Waals surface area contributed by atoms with E-state index in [2.05, 4.69) is 26.4 Å². The Balaban J connectivity index is 1.66. The molecule has 1 aromatic heterocycles. The van der Waals surface area contributed by atoms with Gasteiger partial charge in [-0.05, 0) is 50.1 Å². The molecule has 0 saturated heterocycles. The molecule has 26 heavy (non-hydrogen) atoms. The fourth-order valence-electron chi connectivity index (χ4n) is 2.41. The number of hydrogen-bond donors (Lipinski definition) is 1. The van der Waals surface area contributed by atoms with E-state index in [1.807, 2.05) is 56.3 Å². The van der Waals surface area contributed by atoms with E-state index in [0.717, 1.165) is 21.2 Å². The molecule has 0 radical (unpaired) electrons. The van der Waals surface area contributed by atoms with Gasteiger partial charge in [0.25, 0.3) is 5.91 Å². The highest BCUT2D eigenvalue weighted by Gasteiger charge is 2.18. The number of nitrogens with zero attached hydrogens (tertiary/aromatic N) is 1. The summed E-state index contributed by atoms with van der Waals surface area (Å²) >= 11 is 3.39. The first kappa shape index (κ1) is 18.2. The van der Waals surface area contributed by atoms with Gasteiger partial charge in [0.15, 0.2) is 6.10 Å². The second-order valence-electron chi connectivity index (χ2n) is 6.03. The molecule has 0 aliphatic carbocycles. The van der Waals surface area contributed by atoms with E-state index in [-0.39, 0.29) is 11.8 Å². The molecule has 6 heteroatoms. The SMILES string of the molecule is Cc1cccc(OC(C)C(=O)Nc2cc(-c3ccc(Br)cc3)no2)c1C. The number of aromatic nitrogens is 1. The minimum Gasteiger partial charge on any atom is -0.481 e. The van der Waals surface area contributed by atoms with E-state index in [4.69, 9.17) is 9.26 Å². The van der Waals surface area contributed by atoms with Crippen LogP contribution in [-0.4, -0.2) is 17.2 Å². The van der Waals surface area contributed by atoms with Crippen LogP contribution in [0.3, 0.4) is 0 Å². The summed E-state index contributed by atoms with van der Waals surface area (Å²) in [5.74, 6) is 0.675. The normalized spacial score (nSPS) is 11.8. The summed E-state index contributed by atoms with van der Waals surface area (Å²) < 4.78 is 12.0. The summed E-state index contributed by atoms with van der Waals surface area (Å²) in [6, 6.07) is 15.1. The molecule has 2 aromatic carbocycles. The van der Waals surface area contributed by atoms with Crippen LogP contribution in [0, 0.1) is 13.8 Å². The van der Waals surface area contributed by atoms with Crippen molar-refractivity contribution in [2.45, 2.75) is 26.9 Å². The van der Waals surface area contributed by atoms with Crippen LogP contribution in [0.4, 0.5) is 5.88 Å². The molecule has 1 N–H and O–H groups in total. The van der Waals surface area contributed by atoms with Crippen LogP contribution in [0.2, 0.25) is 0 Å². The van der Waals surface area contributed by atoms with Crippen molar-refractivity contribution in [3.63, 3.8) is 0 Å². The minimum atomic E-state index is -0.670. The molecule has 1 unspecified atom stereocenters. The lowest BCUT2D eigenvalue weighted by molar-refractivity contribution is -0.122. The number of aryl methyl sites for hydroxylation is 1. The Bertz CT molecular complexity index is 919. The molecular weight excluding hydrogens is 396 g/mol. The van der Waals surface area contributed by atoms with Crippen molar-refractivity contribution in [2.24, 2.45) is 0 Å². The third kappa shape index (κ3) is 4.14. The van der Waals surface area contributed by atoms with Gasteiger partial charge >= 0.3 is 0 Å². The largest absolute Gasteiger partial charge is 0.481 e. The zero-order valence-electron chi connectivity index (χ0n) is 14.7. The standard InChI is InChI=1S/C20H19BrN2O3/c1-12-5-4-6-18(13(12)2)25-14(3)20(24)22-19-11-17(23-26-19)15-7-9-16(21)10-8-15/h4-11,14H,1-3H3,(H,22,24). The Hall–Kier alpha value is -2.60. The van der Waals surface area contributed by atoms with Crippen molar-refractivity contribution >= 4 is 27.7 Å². The highest BCUT2D eigenvalue weighted by molar-refractivity contribution is 9.10. The summed E-state index contributed by atoms with van der Waals surface area (Å²) in [7, 11) is 0. The van der Waals surface area contributed by atoms with Gasteiger partial charge in [0.2, 0.25) is 5.88 Å². The maximum Gasteiger partial charge on any atom is 0.267 e. The fourth-order valence-corrected chi connectivity index (χ4v) is 2.67. The zero-order valence-corrected chi connectivity index (χ0v) is 16.3. The Morgan fingerprint density at radius 1 is 1.19 bits per heavy atom. The van der Waals surface area contributed by atoms with Gasteiger partial charge in [0.05, 0.1) is 0 Å². The highest BCUT2D eigenvalue weighted by Crippen LogP contribution is 2.24. The Morgan fingerprint density at radius 2 is 1.92 bits per heavy atom. The molecule has 1 atom stereocenters. The second-order valence-corrected chi connectivity index (χ2v) is 6.95. The molecule has 0 bridgehead atoms. The second kappa shape index (κ2) is 7.74. The molecule has 0 fully saturated rings. The maximum atomic E-state index is 12.4. The predicted octanol–water partition coefficient (Wildman–Crippen LogP) is 5.13. The number of hydrogen-bond acceptors (Lipinski definition) is 4. The molecule has 5 nitrogen and oxygen atoms in total. The van der Waals surface area contributed by atoms with Crippen molar-refractivity contribution in [3.8, 4) is 17.0 Å². The smallest absolute Gasteiger partial charge is 0.267 e. The van der Waals surface area contributed by atoms with E-state index in [1.165, 1.54) is 0 Å². The van der Waals surface area contributed by atoms with Crippen LogP contribution in [0.1, 0.15) is 18.1 Å². The third-order valence-electron chi connectivity index (χ3n) is 4.12. The van der Waals surface area contributed by atoms with E-state index >= 15 is 0 Å². The molecule has 3 rings (SSSR count). The summed E-state index contributed by atoms with van der Waals surface area (Å²) in [6.07, 6.45) is -0.670. The molecule has 0 aliphatic heterocycles. The fraction of sp³-hybridized carbons (Fsp3) is 0.200. The average Bonchev–Trinajstić information content (AvgIpc) is 3.08. The van der Waals surface area contributed by atoms with Crippen LogP contribution in [-0.2, 0) is 4.79 Å². The van der Waals surface area contributed by atoms with E-state index in [0.29, 0.717) is 11.4 Å². The van der Waals surface area contributed by atoms with Gasteiger partial charge in [0.1, 0.15) is 11.4 Å². The molecular formula is C20H19BrN2O3. The Kier molecular flexibility index (Phi) is 5.42. The number of carbonyl (C=O) groups is 1. The Labute approximate surface area is 160 Å². The number of benzene rings is 2. The summed E-state index contributed by atoms with van der Waals surface area (Å²) in [5.41, 5.74) is 3.68. The van der Waals surface area contributed by atoms with Crippen molar-refractivity contribution in [1.82, 2.24) is 5.16 Å². The molecule has 0 saturated carbocycles. The van der Waals surface area contributed by atoms with Crippen LogP contribution in [0.15, 0.2) is 57.5 Å². The van der Waals surface area contributed by atoms with Gasteiger partial charge in [-0.3, -0.25) is 10.1 Å². The first-order chi connectivity index (χ1) is 12.4. The maximum absolute atomic E-state index is 12.4. The molecule has 0 spiro atoms. The van der Waals surface area contributed by atoms with Crippen LogP contribution >= 0.6 is 15.9 Å². The molecule has 134 valence electrons. The zero-order chi connectivity index (χ0) is 18.7. The number of rotatable bonds is 5. The average molecular weight is 415 g/mol. The number of carbonyl (C=O) groups excluding carboxylic acids is 1. The van der Waals surface area contributed by atoms with Crippen molar-refractivity contribution in [1.29, 1.82) is 0 Å². The number of halogens is 1. The first-order valence-electron chi connectivity index (χ1n) is 8.20. The van der Waals surface area contributed by atoms with Gasteiger partial charge in [-0.1, -0.05) is 45.4 Å². The van der Waals surface area contributed by atoms with Crippen LogP contribution in [0.5, 0.6) is 5.75 Å². The van der Waals surface area contributed by atoms with Gasteiger partial charge in [-0.2, -0.15) is 0 Å². The van der Waals surface area contributed by atoms with Gasteiger partial charge in [-0.25, -0.2) is 0 Å². The lowest BCUT2D eigenvalue weighted by Gasteiger charge is -2.16. The number of amides is 1. The van der Waals surface area contributed by atoms with Crippen LogP contribution < -0.4 is 10.1 Å². The van der Waals surface area contributed by atoms with Gasteiger partial charge in [0, 0.05) is 16.1 Å². The summed E-state index contributed by atoms with van der Waals surface area (Å²) in [4.78, 5) is 12.4. The number of nitrogens with one attached hydrogen (secondary N) is 1. The van der Waals surface area contributed by atoms with Crippen molar-refractivity contribution < 1.29 is 14.1 Å². The highest BCUT2D eigenvalue weighted by atomic mass is 79.9.